The molecule has 0 aromatic carbocycles. The van der Waals surface area contributed by atoms with Crippen LogP contribution in [0, 0.1) is 46.3 Å². The zero-order chi connectivity index (χ0) is 28.8. The zero-order valence-electron chi connectivity index (χ0n) is 26.0. The maximum atomic E-state index is 9.58. The molecule has 4 fully saturated rings. The smallest absolute Gasteiger partial charge is 0.0637 e. The molecule has 0 radical (unpaired) electrons. The van der Waals surface area contributed by atoms with Gasteiger partial charge in [0.05, 0.1) is 18.3 Å². The molecule has 4 saturated carbocycles. The minimum atomic E-state index is 0.131. The molecule has 7 heteroatoms. The van der Waals surface area contributed by atoms with Crippen LogP contribution in [-0.2, 0) is 14.2 Å². The standard InChI is InChI=1S/C33H63N3O4/c1-23(8-4-16-37)26-9-10-27-31-28(22-30(33(26,27)3)40-19-7-15-36)32(2)12-11-25(38-17-5-13-34)20-24(32)21-29(31)39-18-6-14-35/h23-31,37H,4-22,34-36H2,1-3H3/t23-,24?,25?,26?,27?,28?,29?,30?,31?,32?,33?/m0/s1. The van der Waals surface area contributed by atoms with E-state index in [-0.39, 0.29) is 18.1 Å². The molecule has 0 saturated heterocycles. The van der Waals surface area contributed by atoms with Gasteiger partial charge in [0.15, 0.2) is 0 Å². The summed E-state index contributed by atoms with van der Waals surface area (Å²) in [5.41, 5.74) is 18.0. The normalized spacial score (nSPS) is 41.8. The van der Waals surface area contributed by atoms with Gasteiger partial charge in [-0.05, 0) is 138 Å². The highest BCUT2D eigenvalue weighted by Crippen LogP contribution is 2.69. The van der Waals surface area contributed by atoms with Crippen molar-refractivity contribution in [2.24, 2.45) is 63.5 Å². The monoisotopic (exact) mass is 565 g/mol. The van der Waals surface area contributed by atoms with Crippen molar-refractivity contribution >= 4 is 0 Å². The average molecular weight is 566 g/mol. The van der Waals surface area contributed by atoms with Crippen molar-refractivity contribution in [2.45, 2.75) is 116 Å². The third-order valence-electron chi connectivity index (χ3n) is 12.3. The number of ether oxygens (including phenoxy) is 3. The lowest BCUT2D eigenvalue weighted by Crippen LogP contribution is -2.63. The molecule has 0 bridgehead atoms. The largest absolute Gasteiger partial charge is 0.396 e. The summed E-state index contributed by atoms with van der Waals surface area (Å²) in [7, 11) is 0. The molecule has 234 valence electrons. The molecule has 0 aromatic rings. The fourth-order valence-corrected chi connectivity index (χ4v) is 10.2. The summed E-state index contributed by atoms with van der Waals surface area (Å²) in [6, 6.07) is 0. The van der Waals surface area contributed by atoms with Crippen LogP contribution in [0.3, 0.4) is 0 Å². The number of aliphatic hydroxyl groups is 1. The van der Waals surface area contributed by atoms with Crippen LogP contribution in [0.4, 0.5) is 0 Å². The predicted octanol–water partition coefficient (Wildman–Crippen LogP) is 4.48. The number of hydrogen-bond acceptors (Lipinski definition) is 7. The predicted molar refractivity (Wildman–Crippen MR) is 162 cm³/mol. The van der Waals surface area contributed by atoms with Gasteiger partial charge in [0.25, 0.3) is 0 Å². The highest BCUT2D eigenvalue weighted by atomic mass is 16.5. The highest BCUT2D eigenvalue weighted by molar-refractivity contribution is 5.15. The lowest BCUT2D eigenvalue weighted by atomic mass is 9.43. The van der Waals surface area contributed by atoms with Gasteiger partial charge >= 0.3 is 0 Å². The Morgan fingerprint density at radius 2 is 1.48 bits per heavy atom. The number of fused-ring (bicyclic) bond motifs is 5. The first-order chi connectivity index (χ1) is 19.3. The van der Waals surface area contributed by atoms with E-state index in [2.05, 4.69) is 20.8 Å². The molecule has 0 aliphatic heterocycles. The molecule has 7 N–H and O–H groups in total. The second-order valence-corrected chi connectivity index (χ2v) is 14.3. The Morgan fingerprint density at radius 3 is 2.15 bits per heavy atom. The SMILES string of the molecule is C[C@@H](CCCO)C1CCC2C3C(OCCCN)CC4CC(OCCCN)CCC4(C)C3CC(OCCCN)C21C. The minimum Gasteiger partial charge on any atom is -0.396 e. The molecular weight excluding hydrogens is 502 g/mol. The zero-order valence-corrected chi connectivity index (χ0v) is 26.0. The van der Waals surface area contributed by atoms with Gasteiger partial charge in [-0.2, -0.15) is 0 Å². The van der Waals surface area contributed by atoms with Crippen LogP contribution in [0.25, 0.3) is 0 Å². The van der Waals surface area contributed by atoms with E-state index < -0.39 is 0 Å². The lowest BCUT2D eigenvalue weighted by molar-refractivity contribution is -0.227. The van der Waals surface area contributed by atoms with Gasteiger partial charge in [0, 0.05) is 31.8 Å². The van der Waals surface area contributed by atoms with Crippen LogP contribution in [0.5, 0.6) is 0 Å². The minimum absolute atomic E-state index is 0.131. The van der Waals surface area contributed by atoms with Gasteiger partial charge in [-0.1, -0.05) is 20.8 Å². The van der Waals surface area contributed by atoms with Gasteiger partial charge < -0.3 is 36.5 Å². The van der Waals surface area contributed by atoms with E-state index in [9.17, 15) is 5.11 Å². The van der Waals surface area contributed by atoms with E-state index in [1.54, 1.807) is 0 Å². The summed E-state index contributed by atoms with van der Waals surface area (Å²) in [4.78, 5) is 0. The average Bonchev–Trinajstić information content (AvgIpc) is 3.31. The Labute approximate surface area is 245 Å². The van der Waals surface area contributed by atoms with Gasteiger partial charge in [-0.3, -0.25) is 0 Å². The Morgan fingerprint density at radius 1 is 0.800 bits per heavy atom. The summed E-state index contributed by atoms with van der Waals surface area (Å²) in [5.74, 6) is 3.60. The summed E-state index contributed by atoms with van der Waals surface area (Å²) in [6.07, 6.45) is 14.0. The summed E-state index contributed by atoms with van der Waals surface area (Å²) in [5, 5.41) is 9.58. The van der Waals surface area contributed by atoms with Crippen molar-refractivity contribution < 1.29 is 19.3 Å². The van der Waals surface area contributed by atoms with E-state index in [1.165, 1.54) is 19.3 Å². The molecule has 11 atom stereocenters. The van der Waals surface area contributed by atoms with E-state index >= 15 is 0 Å². The first-order valence-corrected chi connectivity index (χ1v) is 16.9. The van der Waals surface area contributed by atoms with E-state index in [0.29, 0.717) is 72.8 Å². The number of aliphatic hydroxyl groups excluding tert-OH is 1. The molecule has 4 aliphatic rings. The fourth-order valence-electron chi connectivity index (χ4n) is 10.2. The molecule has 7 nitrogen and oxygen atoms in total. The third kappa shape index (κ3) is 6.61. The number of rotatable bonds is 16. The first kappa shape index (κ1) is 32.6. The maximum Gasteiger partial charge on any atom is 0.0637 e. The summed E-state index contributed by atoms with van der Waals surface area (Å²) >= 11 is 0. The van der Waals surface area contributed by atoms with Gasteiger partial charge in [-0.25, -0.2) is 0 Å². The maximum absolute atomic E-state index is 9.58. The van der Waals surface area contributed by atoms with E-state index in [4.69, 9.17) is 31.4 Å². The Kier molecular flexibility index (Phi) is 12.2. The molecule has 40 heavy (non-hydrogen) atoms. The molecule has 0 aromatic heterocycles. The molecule has 4 aliphatic carbocycles. The van der Waals surface area contributed by atoms with Gasteiger partial charge in [0.1, 0.15) is 0 Å². The van der Waals surface area contributed by atoms with Crippen LogP contribution in [0.15, 0.2) is 0 Å². The Bertz CT molecular complexity index is 757. The number of hydrogen-bond donors (Lipinski definition) is 4. The van der Waals surface area contributed by atoms with Gasteiger partial charge in [0.2, 0.25) is 0 Å². The summed E-state index contributed by atoms with van der Waals surface area (Å²) in [6.45, 7) is 12.2. The second-order valence-electron chi connectivity index (χ2n) is 14.3. The first-order valence-electron chi connectivity index (χ1n) is 16.9. The van der Waals surface area contributed by atoms with Crippen molar-refractivity contribution in [3.63, 3.8) is 0 Å². The molecule has 0 spiro atoms. The second kappa shape index (κ2) is 14.9. The molecular formula is C33H63N3O4. The van der Waals surface area contributed by atoms with E-state index in [0.717, 1.165) is 77.6 Å². The lowest BCUT2D eigenvalue weighted by Gasteiger charge is -2.65. The van der Waals surface area contributed by atoms with Crippen LogP contribution in [0.1, 0.15) is 97.8 Å². The third-order valence-corrected chi connectivity index (χ3v) is 12.3. The molecule has 0 heterocycles. The summed E-state index contributed by atoms with van der Waals surface area (Å²) < 4.78 is 20.1. The van der Waals surface area contributed by atoms with Crippen molar-refractivity contribution in [3.05, 3.63) is 0 Å². The topological polar surface area (TPSA) is 126 Å². The number of nitrogens with two attached hydrogens (primary N) is 3. The Balaban J connectivity index is 1.64. The Hall–Kier alpha value is -0.280. The molecule has 10 unspecified atom stereocenters. The molecule has 0 amide bonds. The molecule has 4 rings (SSSR count). The quantitative estimate of drug-likeness (QED) is 0.203. The van der Waals surface area contributed by atoms with Gasteiger partial charge in [-0.15, -0.1) is 0 Å². The van der Waals surface area contributed by atoms with Crippen LogP contribution in [-0.4, -0.2) is 69.5 Å². The van der Waals surface area contributed by atoms with E-state index in [1.807, 2.05) is 0 Å². The van der Waals surface area contributed by atoms with Crippen LogP contribution < -0.4 is 17.2 Å². The van der Waals surface area contributed by atoms with Crippen molar-refractivity contribution in [2.75, 3.05) is 46.1 Å². The van der Waals surface area contributed by atoms with Crippen molar-refractivity contribution in [1.82, 2.24) is 0 Å². The highest BCUT2D eigenvalue weighted by Gasteiger charge is 2.66. The van der Waals surface area contributed by atoms with Crippen LogP contribution >= 0.6 is 0 Å². The van der Waals surface area contributed by atoms with Crippen molar-refractivity contribution in [1.29, 1.82) is 0 Å². The fraction of sp³-hybridized carbons (Fsp3) is 1.00. The van der Waals surface area contributed by atoms with Crippen LogP contribution in [0.2, 0.25) is 0 Å². The van der Waals surface area contributed by atoms with Crippen molar-refractivity contribution in [3.8, 4) is 0 Å².